The van der Waals surface area contributed by atoms with Crippen molar-refractivity contribution in [2.24, 2.45) is 0 Å². The molecule has 0 N–H and O–H groups in total. The van der Waals surface area contributed by atoms with Gasteiger partial charge < -0.3 is 14.4 Å². The zero-order chi connectivity index (χ0) is 22.2. The molecule has 0 aliphatic rings. The third-order valence-corrected chi connectivity index (χ3v) is 5.76. The number of carbonyl (C=O) groups excluding carboxylic acids is 1. The van der Waals surface area contributed by atoms with Gasteiger partial charge in [-0.1, -0.05) is 18.2 Å². The van der Waals surface area contributed by atoms with Gasteiger partial charge in [0.25, 0.3) is 5.91 Å². The summed E-state index contributed by atoms with van der Waals surface area (Å²) in [7, 11) is 0. The molecule has 0 aliphatic carbocycles. The minimum absolute atomic E-state index is 0.0495. The van der Waals surface area contributed by atoms with E-state index in [4.69, 9.17) is 9.47 Å². The lowest BCUT2D eigenvalue weighted by Gasteiger charge is -2.19. The van der Waals surface area contributed by atoms with Crippen LogP contribution in [0.1, 0.15) is 31.3 Å². The van der Waals surface area contributed by atoms with Crippen molar-refractivity contribution >= 4 is 39.1 Å². The molecule has 1 amide bonds. The third-order valence-electron chi connectivity index (χ3n) is 4.69. The predicted octanol–water partition coefficient (Wildman–Crippen LogP) is 5.01. The van der Waals surface area contributed by atoms with Crippen LogP contribution in [0.2, 0.25) is 0 Å². The quantitative estimate of drug-likeness (QED) is 0.442. The Morgan fingerprint density at radius 2 is 1.90 bits per heavy atom. The van der Waals surface area contributed by atoms with E-state index in [-0.39, 0.29) is 12.5 Å². The minimum atomic E-state index is -0.0703. The van der Waals surface area contributed by atoms with E-state index in [0.717, 1.165) is 15.8 Å². The first-order chi connectivity index (χ1) is 15.1. The molecule has 0 unspecified atom stereocenters. The van der Waals surface area contributed by atoms with E-state index in [2.05, 4.69) is 11.1 Å². The average molecular weight is 436 g/mol. The molecular weight excluding hydrogens is 410 g/mol. The Bertz CT molecular complexity index is 1090. The zero-order valence-electron chi connectivity index (χ0n) is 17.9. The molecule has 3 rings (SSSR count). The van der Waals surface area contributed by atoms with E-state index in [1.165, 1.54) is 11.3 Å². The number of benzene rings is 2. The third kappa shape index (κ3) is 5.41. The molecule has 1 aromatic heterocycles. The van der Waals surface area contributed by atoms with Crippen molar-refractivity contribution in [2.75, 3.05) is 26.3 Å². The minimum Gasteiger partial charge on any atom is -0.490 e. The predicted molar refractivity (Wildman–Crippen MR) is 124 cm³/mol. The Kier molecular flexibility index (Phi) is 7.63. The number of para-hydroxylation sites is 1. The molecule has 2 aromatic carbocycles. The van der Waals surface area contributed by atoms with Gasteiger partial charge in [-0.15, -0.1) is 11.3 Å². The second kappa shape index (κ2) is 10.6. The lowest BCUT2D eigenvalue weighted by molar-refractivity contribution is -0.132. The highest BCUT2D eigenvalue weighted by Crippen LogP contribution is 2.32. The summed E-state index contributed by atoms with van der Waals surface area (Å²) in [6.07, 6.45) is 1.78. The van der Waals surface area contributed by atoms with Crippen molar-refractivity contribution < 1.29 is 14.3 Å². The Balaban J connectivity index is 1.85. The molecule has 0 fully saturated rings. The van der Waals surface area contributed by atoms with E-state index in [1.807, 2.05) is 57.2 Å². The number of ether oxygens (including phenoxy) is 2. The fourth-order valence-corrected chi connectivity index (χ4v) is 4.04. The summed E-state index contributed by atoms with van der Waals surface area (Å²) in [5.41, 5.74) is 2.15. The van der Waals surface area contributed by atoms with Crippen LogP contribution in [-0.2, 0) is 4.79 Å². The summed E-state index contributed by atoms with van der Waals surface area (Å²) in [5, 5.41) is 10.4. The number of likely N-dealkylation sites (N-methyl/N-ethyl adjacent to an activating group) is 1. The van der Waals surface area contributed by atoms with Gasteiger partial charge in [-0.3, -0.25) is 4.79 Å². The van der Waals surface area contributed by atoms with Crippen LogP contribution in [0.5, 0.6) is 11.5 Å². The molecule has 0 radical (unpaired) electrons. The molecule has 0 saturated carbocycles. The number of nitrogens with zero attached hydrogens (tertiary/aromatic N) is 3. The van der Waals surface area contributed by atoms with Crippen LogP contribution in [0.25, 0.3) is 21.9 Å². The second-order valence-electron chi connectivity index (χ2n) is 6.65. The largest absolute Gasteiger partial charge is 0.490 e. The van der Waals surface area contributed by atoms with Crippen molar-refractivity contribution in [3.05, 3.63) is 53.0 Å². The molecular formula is C24H25N3O3S. The summed E-state index contributed by atoms with van der Waals surface area (Å²) in [6.45, 7) is 7.45. The first-order valence-corrected chi connectivity index (χ1v) is 11.1. The first-order valence-electron chi connectivity index (χ1n) is 10.2. The highest BCUT2D eigenvalue weighted by atomic mass is 32.1. The van der Waals surface area contributed by atoms with Gasteiger partial charge in [-0.05, 0) is 56.7 Å². The molecule has 31 heavy (non-hydrogen) atoms. The van der Waals surface area contributed by atoms with Gasteiger partial charge in [0.1, 0.15) is 11.1 Å². The number of rotatable bonds is 9. The maximum absolute atomic E-state index is 12.2. The van der Waals surface area contributed by atoms with E-state index in [1.54, 1.807) is 17.0 Å². The van der Waals surface area contributed by atoms with E-state index >= 15 is 0 Å². The number of allylic oxidation sites excluding steroid dienone is 1. The number of fused-ring (bicyclic) bond motifs is 1. The molecule has 1 heterocycles. The molecule has 0 saturated heterocycles. The summed E-state index contributed by atoms with van der Waals surface area (Å²) < 4.78 is 12.5. The first kappa shape index (κ1) is 22.3. The number of carbonyl (C=O) groups is 1. The Morgan fingerprint density at radius 3 is 2.58 bits per heavy atom. The smallest absolute Gasteiger partial charge is 0.260 e. The van der Waals surface area contributed by atoms with Crippen LogP contribution < -0.4 is 9.47 Å². The lowest BCUT2D eigenvalue weighted by Crippen LogP contribution is -2.34. The molecule has 0 atom stereocenters. The zero-order valence-corrected chi connectivity index (χ0v) is 18.7. The van der Waals surface area contributed by atoms with Crippen LogP contribution in [0.3, 0.4) is 0 Å². The molecule has 0 aliphatic heterocycles. The number of thiazole rings is 1. The Hall–Kier alpha value is -3.37. The molecule has 7 heteroatoms. The Morgan fingerprint density at radius 1 is 1.13 bits per heavy atom. The van der Waals surface area contributed by atoms with Crippen LogP contribution in [0.4, 0.5) is 0 Å². The SMILES string of the molecule is CCOc1cc(/C=C(/C#N)c2nc3ccccc3s2)ccc1OCC(=O)N(CC)CC. The summed E-state index contributed by atoms with van der Waals surface area (Å²) in [6, 6.07) is 15.5. The highest BCUT2D eigenvalue weighted by Gasteiger charge is 2.14. The fourth-order valence-electron chi connectivity index (χ4n) is 3.10. The van der Waals surface area contributed by atoms with Crippen molar-refractivity contribution in [1.29, 1.82) is 5.26 Å². The van der Waals surface area contributed by atoms with Gasteiger partial charge in [0.15, 0.2) is 18.1 Å². The van der Waals surface area contributed by atoms with Crippen LogP contribution >= 0.6 is 11.3 Å². The van der Waals surface area contributed by atoms with Crippen molar-refractivity contribution in [1.82, 2.24) is 9.88 Å². The summed E-state index contributed by atoms with van der Waals surface area (Å²) in [5.74, 6) is 0.960. The Labute approximate surface area is 186 Å². The van der Waals surface area contributed by atoms with Crippen molar-refractivity contribution in [3.8, 4) is 17.6 Å². The van der Waals surface area contributed by atoms with Crippen LogP contribution in [0, 0.1) is 11.3 Å². The summed E-state index contributed by atoms with van der Waals surface area (Å²) in [4.78, 5) is 18.5. The topological polar surface area (TPSA) is 75.5 Å². The van der Waals surface area contributed by atoms with Gasteiger partial charge in [-0.2, -0.15) is 5.26 Å². The van der Waals surface area contributed by atoms with Gasteiger partial charge in [0, 0.05) is 13.1 Å². The molecule has 0 spiro atoms. The molecule has 160 valence electrons. The van der Waals surface area contributed by atoms with E-state index < -0.39 is 0 Å². The van der Waals surface area contributed by atoms with Gasteiger partial charge >= 0.3 is 0 Å². The van der Waals surface area contributed by atoms with Crippen LogP contribution in [-0.4, -0.2) is 42.1 Å². The molecule has 6 nitrogen and oxygen atoms in total. The van der Waals surface area contributed by atoms with Crippen LogP contribution in [0.15, 0.2) is 42.5 Å². The molecule has 0 bridgehead atoms. The fraction of sp³-hybridized carbons (Fsp3) is 0.292. The monoisotopic (exact) mass is 435 g/mol. The standard InChI is InChI=1S/C24H25N3O3S/c1-4-27(5-2)23(28)16-30-20-12-11-17(14-21(20)29-6-3)13-18(15-25)24-26-19-9-7-8-10-22(19)31-24/h7-14H,4-6,16H2,1-3H3/b18-13-. The number of hydrogen-bond donors (Lipinski definition) is 0. The maximum Gasteiger partial charge on any atom is 0.260 e. The maximum atomic E-state index is 12.2. The van der Waals surface area contributed by atoms with Crippen molar-refractivity contribution in [3.63, 3.8) is 0 Å². The van der Waals surface area contributed by atoms with Crippen molar-refractivity contribution in [2.45, 2.75) is 20.8 Å². The van der Waals surface area contributed by atoms with E-state index in [0.29, 0.717) is 41.8 Å². The number of amides is 1. The number of nitriles is 1. The normalized spacial score (nSPS) is 11.2. The van der Waals surface area contributed by atoms with Gasteiger partial charge in [-0.25, -0.2) is 4.98 Å². The average Bonchev–Trinajstić information content (AvgIpc) is 3.22. The molecule has 3 aromatic rings. The van der Waals surface area contributed by atoms with Gasteiger partial charge in [0.2, 0.25) is 0 Å². The lowest BCUT2D eigenvalue weighted by atomic mass is 10.1. The second-order valence-corrected chi connectivity index (χ2v) is 7.68. The summed E-state index contributed by atoms with van der Waals surface area (Å²) >= 11 is 1.49. The van der Waals surface area contributed by atoms with E-state index in [9.17, 15) is 10.1 Å². The number of hydrogen-bond acceptors (Lipinski definition) is 6. The number of aromatic nitrogens is 1. The highest BCUT2D eigenvalue weighted by molar-refractivity contribution is 7.19. The van der Waals surface area contributed by atoms with Gasteiger partial charge in [0.05, 0.1) is 22.4 Å².